The van der Waals surface area contributed by atoms with Crippen molar-refractivity contribution < 1.29 is 37.7 Å². The second-order valence-corrected chi connectivity index (χ2v) is 8.96. The predicted octanol–water partition coefficient (Wildman–Crippen LogP) is 5.38. The highest BCUT2D eigenvalue weighted by Crippen LogP contribution is 2.40. The Morgan fingerprint density at radius 2 is 1.79 bits per heavy atom. The molecule has 1 aliphatic heterocycles. The van der Waals surface area contributed by atoms with Gasteiger partial charge >= 0.3 is 0 Å². The van der Waals surface area contributed by atoms with Gasteiger partial charge in [0, 0.05) is 19.0 Å². The first-order valence-electron chi connectivity index (χ1n) is 12.2. The number of aliphatic hydroxyl groups excluding tert-OH is 1. The Labute approximate surface area is 223 Å². The molecule has 8 nitrogen and oxygen atoms in total. The Morgan fingerprint density at radius 1 is 1.05 bits per heavy atom. The van der Waals surface area contributed by atoms with Crippen LogP contribution >= 0.6 is 0 Å². The highest BCUT2D eigenvalue weighted by molar-refractivity contribution is 6.16. The third-order valence-electron chi connectivity index (χ3n) is 6.55. The summed E-state index contributed by atoms with van der Waals surface area (Å²) in [5, 5.41) is 11.5. The molecular formula is C30H26FNO7. The molecule has 1 aromatic heterocycles. The van der Waals surface area contributed by atoms with E-state index in [1.165, 1.54) is 31.3 Å². The number of ketones is 1. The van der Waals surface area contributed by atoms with Crippen molar-refractivity contribution in [3.8, 4) is 11.5 Å². The lowest BCUT2D eigenvalue weighted by Crippen LogP contribution is -2.34. The van der Waals surface area contributed by atoms with Crippen molar-refractivity contribution >= 4 is 22.7 Å². The summed E-state index contributed by atoms with van der Waals surface area (Å²) in [6.45, 7) is 0.594. The number of benzene rings is 3. The van der Waals surface area contributed by atoms with Gasteiger partial charge in [-0.1, -0.05) is 36.4 Å². The lowest BCUT2D eigenvalue weighted by Gasteiger charge is -2.26. The quantitative estimate of drug-likeness (QED) is 0.274. The summed E-state index contributed by atoms with van der Waals surface area (Å²) in [5.41, 5.74) is 1.70. The van der Waals surface area contributed by atoms with Crippen LogP contribution in [-0.2, 0) is 16.1 Å². The lowest BCUT2D eigenvalue weighted by atomic mass is 9.95. The molecule has 4 aromatic rings. The Kier molecular flexibility index (Phi) is 7.33. The van der Waals surface area contributed by atoms with Crippen molar-refractivity contribution in [2.45, 2.75) is 12.6 Å². The van der Waals surface area contributed by atoms with Gasteiger partial charge in [-0.05, 0) is 47.5 Å². The van der Waals surface area contributed by atoms with Gasteiger partial charge in [-0.15, -0.1) is 0 Å². The van der Waals surface area contributed by atoms with E-state index in [0.29, 0.717) is 28.0 Å². The molecule has 0 saturated carbocycles. The number of para-hydroxylation sites is 1. The number of methoxy groups -OCH3 is 2. The normalized spacial score (nSPS) is 15.3. The van der Waals surface area contributed by atoms with E-state index in [4.69, 9.17) is 18.6 Å². The summed E-state index contributed by atoms with van der Waals surface area (Å²) in [6.07, 6.45) is 0. The SMILES string of the molecule is COCCN1C(=O)C(O)=C(C(=O)c2cc3cccc(OC)c3o2)C1c1ccc(OCc2ccc(F)cc2)cc1. The van der Waals surface area contributed by atoms with Crippen molar-refractivity contribution in [1.82, 2.24) is 4.90 Å². The number of amides is 1. The molecule has 1 N–H and O–H groups in total. The minimum atomic E-state index is -0.874. The summed E-state index contributed by atoms with van der Waals surface area (Å²) < 4.78 is 35.3. The summed E-state index contributed by atoms with van der Waals surface area (Å²) in [5.74, 6) is -1.27. The molecule has 5 rings (SSSR count). The number of hydrogen-bond acceptors (Lipinski definition) is 7. The van der Waals surface area contributed by atoms with E-state index in [-0.39, 0.29) is 36.9 Å². The number of ether oxygens (including phenoxy) is 3. The fourth-order valence-electron chi connectivity index (χ4n) is 4.59. The predicted molar refractivity (Wildman–Crippen MR) is 140 cm³/mol. The van der Waals surface area contributed by atoms with E-state index in [9.17, 15) is 19.1 Å². The van der Waals surface area contributed by atoms with Crippen LogP contribution in [0.2, 0.25) is 0 Å². The standard InChI is InChI=1S/C30H26FNO7/c1-36-15-14-32-26(19-8-12-22(13-9-19)38-17-18-6-10-21(31)11-7-18)25(28(34)30(32)35)27(33)24-16-20-4-3-5-23(37-2)29(20)39-24/h3-13,16,26,34H,14-15,17H2,1-2H3. The first-order chi connectivity index (χ1) is 18.9. The van der Waals surface area contributed by atoms with Crippen LogP contribution < -0.4 is 9.47 Å². The minimum absolute atomic E-state index is 0.0262. The molecule has 3 aromatic carbocycles. The zero-order valence-electron chi connectivity index (χ0n) is 21.3. The Hall–Kier alpha value is -4.63. The van der Waals surface area contributed by atoms with Crippen LogP contribution in [-0.4, -0.2) is 49.1 Å². The van der Waals surface area contributed by atoms with Gasteiger partial charge in [-0.3, -0.25) is 9.59 Å². The second kappa shape index (κ2) is 11.0. The minimum Gasteiger partial charge on any atom is -0.503 e. The van der Waals surface area contributed by atoms with Crippen LogP contribution in [0.5, 0.6) is 11.5 Å². The van der Waals surface area contributed by atoms with Crippen molar-refractivity contribution in [2.24, 2.45) is 0 Å². The maximum absolute atomic E-state index is 13.7. The van der Waals surface area contributed by atoms with Crippen LogP contribution in [0.3, 0.4) is 0 Å². The third-order valence-corrected chi connectivity index (χ3v) is 6.55. The number of Topliss-reactive ketones (excluding diaryl/α,β-unsaturated/α-hetero) is 1. The highest BCUT2D eigenvalue weighted by atomic mass is 19.1. The van der Waals surface area contributed by atoms with Gasteiger partial charge in [0.25, 0.3) is 5.91 Å². The molecule has 0 bridgehead atoms. The molecule has 0 fully saturated rings. The third kappa shape index (κ3) is 5.08. The van der Waals surface area contributed by atoms with Gasteiger partial charge in [0.1, 0.15) is 18.2 Å². The number of fused-ring (bicyclic) bond motifs is 1. The average Bonchev–Trinajstić information content (AvgIpc) is 3.50. The van der Waals surface area contributed by atoms with Crippen molar-refractivity contribution in [2.75, 3.05) is 27.4 Å². The van der Waals surface area contributed by atoms with Crippen LogP contribution in [0.1, 0.15) is 27.7 Å². The molecule has 1 atom stereocenters. The molecule has 0 saturated heterocycles. The molecule has 1 unspecified atom stereocenters. The topological polar surface area (TPSA) is 98.4 Å². The zero-order valence-corrected chi connectivity index (χ0v) is 21.3. The summed E-state index contributed by atoms with van der Waals surface area (Å²) >= 11 is 0. The number of rotatable bonds is 10. The molecule has 200 valence electrons. The van der Waals surface area contributed by atoms with Crippen molar-refractivity contribution in [3.63, 3.8) is 0 Å². The first kappa shape index (κ1) is 26.0. The van der Waals surface area contributed by atoms with Gasteiger partial charge in [0.15, 0.2) is 22.9 Å². The van der Waals surface area contributed by atoms with Crippen LogP contribution in [0.15, 0.2) is 88.5 Å². The maximum atomic E-state index is 13.7. The monoisotopic (exact) mass is 531 g/mol. The Morgan fingerprint density at radius 3 is 2.49 bits per heavy atom. The van der Waals surface area contributed by atoms with E-state index in [0.717, 1.165) is 5.56 Å². The molecule has 0 aliphatic carbocycles. The molecule has 2 heterocycles. The maximum Gasteiger partial charge on any atom is 0.290 e. The van der Waals surface area contributed by atoms with Crippen LogP contribution in [0.25, 0.3) is 11.0 Å². The summed E-state index contributed by atoms with van der Waals surface area (Å²) in [7, 11) is 3.00. The van der Waals surface area contributed by atoms with Crippen molar-refractivity contribution in [1.29, 1.82) is 0 Å². The van der Waals surface area contributed by atoms with Gasteiger partial charge in [0.2, 0.25) is 5.78 Å². The Bertz CT molecular complexity index is 1540. The number of furan rings is 1. The second-order valence-electron chi connectivity index (χ2n) is 8.96. The van der Waals surface area contributed by atoms with E-state index in [2.05, 4.69) is 0 Å². The average molecular weight is 532 g/mol. The van der Waals surface area contributed by atoms with Gasteiger partial charge in [0.05, 0.1) is 25.3 Å². The van der Waals surface area contributed by atoms with Gasteiger partial charge < -0.3 is 28.6 Å². The van der Waals surface area contributed by atoms with Gasteiger partial charge in [-0.25, -0.2) is 4.39 Å². The smallest absolute Gasteiger partial charge is 0.290 e. The van der Waals surface area contributed by atoms with E-state index in [1.807, 2.05) is 0 Å². The number of halogens is 1. The number of carbonyl (C=O) groups is 2. The largest absolute Gasteiger partial charge is 0.503 e. The lowest BCUT2D eigenvalue weighted by molar-refractivity contribution is -0.130. The van der Waals surface area contributed by atoms with Crippen molar-refractivity contribution in [3.05, 3.63) is 107 Å². The Balaban J connectivity index is 1.45. The molecule has 9 heteroatoms. The molecule has 39 heavy (non-hydrogen) atoms. The first-order valence-corrected chi connectivity index (χ1v) is 12.2. The number of aliphatic hydroxyl groups is 1. The molecule has 1 amide bonds. The van der Waals surface area contributed by atoms with Crippen LogP contribution in [0.4, 0.5) is 4.39 Å². The van der Waals surface area contributed by atoms with E-state index in [1.54, 1.807) is 60.7 Å². The zero-order chi connectivity index (χ0) is 27.5. The van der Waals surface area contributed by atoms with E-state index < -0.39 is 23.5 Å². The fourth-order valence-corrected chi connectivity index (χ4v) is 4.59. The number of carbonyl (C=O) groups excluding carboxylic acids is 2. The molecule has 0 spiro atoms. The van der Waals surface area contributed by atoms with E-state index >= 15 is 0 Å². The molecule has 0 radical (unpaired) electrons. The molecular weight excluding hydrogens is 505 g/mol. The molecule has 1 aliphatic rings. The highest BCUT2D eigenvalue weighted by Gasteiger charge is 2.44. The summed E-state index contributed by atoms with van der Waals surface area (Å²) in [6, 6.07) is 18.8. The van der Waals surface area contributed by atoms with Gasteiger partial charge in [-0.2, -0.15) is 0 Å². The number of nitrogens with zero attached hydrogens (tertiary/aromatic N) is 1. The van der Waals surface area contributed by atoms with Crippen LogP contribution in [0, 0.1) is 5.82 Å². The number of hydrogen-bond donors (Lipinski definition) is 1. The fraction of sp³-hybridized carbons (Fsp3) is 0.200. The summed E-state index contributed by atoms with van der Waals surface area (Å²) in [4.78, 5) is 28.2.